The van der Waals surface area contributed by atoms with E-state index in [-0.39, 0.29) is 40.6 Å². The van der Waals surface area contributed by atoms with Gasteiger partial charge >= 0.3 is 0 Å². The summed E-state index contributed by atoms with van der Waals surface area (Å²) in [5, 5.41) is 58.4. The molecule has 0 unspecified atom stereocenters. The van der Waals surface area contributed by atoms with Crippen molar-refractivity contribution in [3.8, 4) is 28.7 Å². The van der Waals surface area contributed by atoms with E-state index in [9.17, 15) is 25.5 Å². The van der Waals surface area contributed by atoms with Gasteiger partial charge < -0.3 is 25.5 Å². The van der Waals surface area contributed by atoms with Gasteiger partial charge in [-0.25, -0.2) is 0 Å². The number of para-hydroxylation sites is 3. The monoisotopic (exact) mass is 616 g/mol. The lowest BCUT2D eigenvalue weighted by Gasteiger charge is -2.43. The molecule has 12 bridgehead atoms. The van der Waals surface area contributed by atoms with Crippen LogP contribution in [0.25, 0.3) is 0 Å². The van der Waals surface area contributed by atoms with E-state index < -0.39 is 0 Å². The maximum atomic E-state index is 12.0. The molecule has 4 aliphatic rings. The molecule has 6 aromatic rings. The molecule has 4 aliphatic carbocycles. The van der Waals surface area contributed by atoms with Crippen LogP contribution in [0.4, 0.5) is 0 Å². The van der Waals surface area contributed by atoms with Crippen molar-refractivity contribution in [1.82, 2.24) is 0 Å². The van der Waals surface area contributed by atoms with E-state index in [1.54, 1.807) is 0 Å². The summed E-state index contributed by atoms with van der Waals surface area (Å²) in [5.41, 5.74) is 11.3. The molecule has 0 aliphatic heterocycles. The Balaban J connectivity index is 1.29. The lowest BCUT2D eigenvalue weighted by molar-refractivity contribution is 0.442. The van der Waals surface area contributed by atoms with Gasteiger partial charge in [-0.05, 0) is 66.8 Å². The molecule has 0 saturated heterocycles. The molecule has 0 heterocycles. The number of rotatable bonds is 0. The van der Waals surface area contributed by atoms with Crippen molar-refractivity contribution >= 4 is 0 Å². The first-order valence-corrected chi connectivity index (χ1v) is 16.1. The van der Waals surface area contributed by atoms with E-state index in [0.29, 0.717) is 70.2 Å². The standard InChI is InChI=1S/C42H32O5/c43-38-22-6-3-7-23(38)19-25-9-5-11-27(40(25)45)21-29-15-17-33-34-30-12-1-2-13-31(30)35(37(33)42(29)47)36-32(34)16-14-28(41(36)46)20-26-10-4-8-24(18-22)39(26)44/h1-17,34-35,43-47H,18-21H2. The number of phenols is 5. The van der Waals surface area contributed by atoms with Gasteiger partial charge in [0.1, 0.15) is 28.7 Å². The summed E-state index contributed by atoms with van der Waals surface area (Å²) in [6.07, 6.45) is 1.27. The second kappa shape index (κ2) is 10.2. The van der Waals surface area contributed by atoms with Crippen molar-refractivity contribution in [3.05, 3.63) is 181 Å². The normalized spacial score (nSPS) is 17.0. The highest BCUT2D eigenvalue weighted by Gasteiger charge is 2.45. The van der Waals surface area contributed by atoms with Gasteiger partial charge in [-0.3, -0.25) is 0 Å². The van der Waals surface area contributed by atoms with Gasteiger partial charge in [0.15, 0.2) is 0 Å². The minimum atomic E-state index is -0.375. The average Bonchev–Trinajstić information content (AvgIpc) is 3.08. The van der Waals surface area contributed by atoms with Gasteiger partial charge in [0.05, 0.1) is 0 Å². The lowest BCUT2D eigenvalue weighted by Crippen LogP contribution is -2.28. The van der Waals surface area contributed by atoms with Crippen molar-refractivity contribution in [2.75, 3.05) is 0 Å². The summed E-state index contributed by atoms with van der Waals surface area (Å²) in [5.74, 6) is 0.232. The molecule has 0 saturated carbocycles. The third-order valence-corrected chi connectivity index (χ3v) is 10.6. The molecule has 0 spiro atoms. The molecule has 0 radical (unpaired) electrons. The smallest absolute Gasteiger partial charge is 0.123 e. The van der Waals surface area contributed by atoms with E-state index in [0.717, 1.165) is 27.8 Å². The third kappa shape index (κ3) is 4.02. The largest absolute Gasteiger partial charge is 0.507 e. The predicted molar refractivity (Wildman–Crippen MR) is 180 cm³/mol. The molecule has 6 aromatic carbocycles. The maximum absolute atomic E-state index is 12.0. The highest BCUT2D eigenvalue weighted by molar-refractivity contribution is 5.74. The molecule has 5 nitrogen and oxygen atoms in total. The van der Waals surface area contributed by atoms with Crippen LogP contribution in [0.15, 0.2) is 103 Å². The average molecular weight is 617 g/mol. The lowest BCUT2D eigenvalue weighted by atomic mass is 9.60. The van der Waals surface area contributed by atoms with Gasteiger partial charge in [0.2, 0.25) is 0 Å². The summed E-state index contributed by atoms with van der Waals surface area (Å²) in [7, 11) is 0. The molecule has 0 amide bonds. The van der Waals surface area contributed by atoms with Crippen molar-refractivity contribution < 1.29 is 25.5 Å². The Morgan fingerprint density at radius 1 is 0.298 bits per heavy atom. The van der Waals surface area contributed by atoms with Crippen LogP contribution in [0.3, 0.4) is 0 Å². The summed E-state index contributed by atoms with van der Waals surface area (Å²) < 4.78 is 0. The molecule has 5 heteroatoms. The highest BCUT2D eigenvalue weighted by atomic mass is 16.3. The van der Waals surface area contributed by atoms with Crippen LogP contribution in [0.2, 0.25) is 0 Å². The Morgan fingerprint density at radius 3 is 0.979 bits per heavy atom. The van der Waals surface area contributed by atoms with Crippen LogP contribution < -0.4 is 0 Å². The molecule has 0 fully saturated rings. The Labute approximate surface area is 272 Å². The van der Waals surface area contributed by atoms with Crippen molar-refractivity contribution in [1.29, 1.82) is 0 Å². The minimum Gasteiger partial charge on any atom is -0.507 e. The van der Waals surface area contributed by atoms with E-state index in [1.807, 2.05) is 78.9 Å². The zero-order valence-corrected chi connectivity index (χ0v) is 25.5. The van der Waals surface area contributed by atoms with Gasteiger partial charge in [-0.1, -0.05) is 103 Å². The van der Waals surface area contributed by atoms with E-state index in [1.165, 1.54) is 5.56 Å². The highest BCUT2D eigenvalue weighted by Crippen LogP contribution is 2.60. The first-order chi connectivity index (χ1) is 22.9. The Bertz CT molecular complexity index is 2150. The SMILES string of the molecule is Oc1c2cccc1Cc1cccc(c1O)Cc1ccc3c(c1O)C1c4ccccc4C3c3ccc(c(O)c31)Cc1cccc(c1O)C2. The second-order valence-electron chi connectivity index (χ2n) is 13.1. The van der Waals surface area contributed by atoms with Crippen molar-refractivity contribution in [2.45, 2.75) is 37.5 Å². The fourth-order valence-corrected chi connectivity index (χ4v) is 8.34. The number of benzene rings is 6. The summed E-state index contributed by atoms with van der Waals surface area (Å²) in [6.45, 7) is 0. The van der Waals surface area contributed by atoms with E-state index in [4.69, 9.17) is 0 Å². The predicted octanol–water partition coefficient (Wildman–Crippen LogP) is 7.88. The van der Waals surface area contributed by atoms with Crippen LogP contribution in [0.5, 0.6) is 28.7 Å². The fraction of sp³-hybridized carbons (Fsp3) is 0.143. The Kier molecular flexibility index (Phi) is 5.97. The number of aromatic hydroxyl groups is 5. The Hall–Kier alpha value is -5.68. The third-order valence-electron chi connectivity index (χ3n) is 10.6. The molecule has 47 heavy (non-hydrogen) atoms. The zero-order valence-electron chi connectivity index (χ0n) is 25.5. The molecule has 0 aromatic heterocycles. The zero-order chi connectivity index (χ0) is 32.0. The number of hydrogen-bond donors (Lipinski definition) is 5. The molecular weight excluding hydrogens is 584 g/mol. The first kappa shape index (κ1) is 27.6. The second-order valence-corrected chi connectivity index (χ2v) is 13.1. The molecule has 230 valence electrons. The molecule has 0 atom stereocenters. The van der Waals surface area contributed by atoms with Gasteiger partial charge in [-0.2, -0.15) is 0 Å². The van der Waals surface area contributed by atoms with Crippen LogP contribution in [0.1, 0.15) is 89.7 Å². The van der Waals surface area contributed by atoms with Crippen molar-refractivity contribution in [3.63, 3.8) is 0 Å². The van der Waals surface area contributed by atoms with Crippen LogP contribution in [-0.4, -0.2) is 25.5 Å². The fourth-order valence-electron chi connectivity index (χ4n) is 8.34. The van der Waals surface area contributed by atoms with E-state index >= 15 is 0 Å². The molecule has 5 N–H and O–H groups in total. The molecule has 10 rings (SSSR count). The number of fused-ring (bicyclic) bond motifs is 8. The van der Waals surface area contributed by atoms with Crippen LogP contribution in [-0.2, 0) is 25.7 Å². The summed E-state index contributed by atoms with van der Waals surface area (Å²) in [4.78, 5) is 0. The quantitative estimate of drug-likeness (QED) is 0.119. The maximum Gasteiger partial charge on any atom is 0.123 e. The minimum absolute atomic E-state index is 0.129. The van der Waals surface area contributed by atoms with Crippen LogP contribution in [0, 0.1) is 0 Å². The number of hydrogen-bond acceptors (Lipinski definition) is 5. The summed E-state index contributed by atoms with van der Waals surface area (Å²) in [6, 6.07) is 33.2. The van der Waals surface area contributed by atoms with Gasteiger partial charge in [0.25, 0.3) is 0 Å². The summed E-state index contributed by atoms with van der Waals surface area (Å²) >= 11 is 0. The van der Waals surface area contributed by atoms with Crippen LogP contribution >= 0.6 is 0 Å². The van der Waals surface area contributed by atoms with Crippen molar-refractivity contribution in [2.24, 2.45) is 0 Å². The Morgan fingerprint density at radius 2 is 0.617 bits per heavy atom. The number of phenolic OH excluding ortho intramolecular Hbond substituents is 5. The molecular formula is C42H32O5. The van der Waals surface area contributed by atoms with E-state index in [2.05, 4.69) is 24.3 Å². The first-order valence-electron chi connectivity index (χ1n) is 16.1. The topological polar surface area (TPSA) is 101 Å². The van der Waals surface area contributed by atoms with Gasteiger partial charge in [-0.15, -0.1) is 0 Å². The van der Waals surface area contributed by atoms with Gasteiger partial charge in [0, 0.05) is 48.6 Å².